The number of carbonyl (C=O) groups is 5. The number of allylic oxidation sites excluding steroid dienone is 2. The maximum Gasteiger partial charge on any atom is 0.407 e. The van der Waals surface area contributed by atoms with E-state index in [1.54, 1.807) is 4.90 Å². The first-order chi connectivity index (χ1) is 16.9. The van der Waals surface area contributed by atoms with E-state index in [2.05, 4.69) is 28.1 Å². The van der Waals surface area contributed by atoms with Gasteiger partial charge in [0, 0.05) is 19.0 Å². The molecule has 11 heteroatoms. The van der Waals surface area contributed by atoms with Gasteiger partial charge in [0.1, 0.15) is 18.1 Å². The van der Waals surface area contributed by atoms with Crippen LogP contribution in [0.25, 0.3) is 0 Å². The highest BCUT2D eigenvalue weighted by Crippen LogP contribution is 2.54. The van der Waals surface area contributed by atoms with Crippen molar-refractivity contribution in [3.63, 3.8) is 0 Å². The monoisotopic (exact) mass is 503 g/mol. The zero-order chi connectivity index (χ0) is 26.4. The number of rotatable bonds is 7. The van der Waals surface area contributed by atoms with Crippen LogP contribution in [-0.2, 0) is 23.9 Å². The van der Waals surface area contributed by atoms with Crippen LogP contribution >= 0.6 is 0 Å². The van der Waals surface area contributed by atoms with Gasteiger partial charge in [0.2, 0.25) is 23.6 Å². The Morgan fingerprint density at radius 1 is 1.19 bits per heavy atom. The molecule has 198 valence electrons. The number of hydrogen-bond donors (Lipinski definition) is 4. The van der Waals surface area contributed by atoms with E-state index >= 15 is 0 Å². The summed E-state index contributed by atoms with van der Waals surface area (Å²) < 4.78 is 4.74. The number of carbonyl (C=O) groups excluding carboxylic acids is 5. The molecule has 4 aliphatic rings. The predicted octanol–water partition coefficient (Wildman–Crippen LogP) is -0.0975. The first kappa shape index (κ1) is 26.0. The molecular formula is C25H37N5O6. The smallest absolute Gasteiger partial charge is 0.407 e. The highest BCUT2D eigenvalue weighted by atomic mass is 16.5. The molecule has 0 aromatic carbocycles. The topological polar surface area (TPSA) is 160 Å². The average molecular weight is 504 g/mol. The Morgan fingerprint density at radius 3 is 2.47 bits per heavy atom. The number of nitrogens with two attached hydrogens (primary N) is 1. The Balaban J connectivity index is 1.59. The van der Waals surface area contributed by atoms with Gasteiger partial charge in [0.15, 0.2) is 0 Å². The summed E-state index contributed by atoms with van der Waals surface area (Å²) in [5.74, 6) is -1.64. The van der Waals surface area contributed by atoms with Gasteiger partial charge in [-0.15, -0.1) is 0 Å². The number of primary amides is 1. The highest BCUT2D eigenvalue weighted by molar-refractivity contribution is 5.95. The fourth-order valence-electron chi connectivity index (χ4n) is 6.43. The zero-order valence-electron chi connectivity index (χ0n) is 21.3. The number of methoxy groups -OCH3 is 1. The number of nitrogens with one attached hydrogen (secondary N) is 3. The number of likely N-dealkylation sites (tertiary alicyclic amines) is 1. The summed E-state index contributed by atoms with van der Waals surface area (Å²) in [7, 11) is 1.23. The molecule has 2 aliphatic heterocycles. The van der Waals surface area contributed by atoms with Gasteiger partial charge in [-0.2, -0.15) is 0 Å². The molecule has 5 amide bonds. The van der Waals surface area contributed by atoms with Crippen molar-refractivity contribution in [2.24, 2.45) is 40.7 Å². The average Bonchev–Trinajstić information content (AvgIpc) is 3.57. The Hall–Kier alpha value is -3.11. The van der Waals surface area contributed by atoms with Crippen LogP contribution in [0.4, 0.5) is 4.79 Å². The van der Waals surface area contributed by atoms with E-state index in [9.17, 15) is 24.0 Å². The van der Waals surface area contributed by atoms with Crippen molar-refractivity contribution in [1.29, 1.82) is 0 Å². The van der Waals surface area contributed by atoms with Crippen LogP contribution in [-0.4, -0.2) is 72.9 Å². The van der Waals surface area contributed by atoms with E-state index in [-0.39, 0.29) is 41.9 Å². The first-order valence-corrected chi connectivity index (χ1v) is 12.6. The molecule has 36 heavy (non-hydrogen) atoms. The van der Waals surface area contributed by atoms with Crippen LogP contribution in [0.1, 0.15) is 40.0 Å². The van der Waals surface area contributed by atoms with Gasteiger partial charge in [-0.3, -0.25) is 19.2 Å². The molecule has 4 rings (SSSR count). The van der Waals surface area contributed by atoms with Gasteiger partial charge in [0.25, 0.3) is 0 Å². The molecular weight excluding hydrogens is 466 g/mol. The third-order valence-corrected chi connectivity index (χ3v) is 8.25. The van der Waals surface area contributed by atoms with Gasteiger partial charge < -0.3 is 31.3 Å². The number of hydrogen-bond acceptors (Lipinski definition) is 6. The molecule has 2 bridgehead atoms. The molecule has 0 radical (unpaired) electrons. The quantitative estimate of drug-likeness (QED) is 0.355. The SMILES string of the molecule is COC(=O)N[C@H](C(=O)N1C[C@H]2[C@@H]([C@H]1C(=O)N[C@@H](C[C@@H]1CCNC1=O)C(N)=O)[C@H]1C=C[C@@H]2C1)C(C)(C)C. The van der Waals surface area contributed by atoms with E-state index in [4.69, 9.17) is 10.5 Å². The van der Waals surface area contributed by atoms with Crippen LogP contribution in [0.5, 0.6) is 0 Å². The lowest BCUT2D eigenvalue weighted by Crippen LogP contribution is -2.60. The van der Waals surface area contributed by atoms with Crippen LogP contribution in [0, 0.1) is 35.0 Å². The Morgan fingerprint density at radius 2 is 1.89 bits per heavy atom. The number of fused-ring (bicyclic) bond motifs is 5. The molecule has 2 heterocycles. The van der Waals surface area contributed by atoms with Crippen molar-refractivity contribution in [2.45, 2.75) is 58.2 Å². The fourth-order valence-corrected chi connectivity index (χ4v) is 6.43. The number of nitrogens with zero attached hydrogens (tertiary/aromatic N) is 1. The molecule has 0 spiro atoms. The van der Waals surface area contributed by atoms with Gasteiger partial charge in [-0.25, -0.2) is 4.79 Å². The van der Waals surface area contributed by atoms with Gasteiger partial charge >= 0.3 is 6.09 Å². The van der Waals surface area contributed by atoms with Crippen molar-refractivity contribution >= 4 is 29.7 Å². The minimum Gasteiger partial charge on any atom is -0.453 e. The lowest BCUT2D eigenvalue weighted by molar-refractivity contribution is -0.143. The minimum atomic E-state index is -1.02. The highest BCUT2D eigenvalue weighted by Gasteiger charge is 2.59. The standard InChI is InChI=1S/C25H37N5O6/c1-25(2,3)19(29-24(35)36-4)23(34)30-11-15-12-5-6-13(9-12)17(15)18(30)22(33)28-16(20(26)31)10-14-7-8-27-21(14)32/h5-6,12-19H,7-11H2,1-4H3,(H2,26,31)(H,27,32)(H,28,33)(H,29,35)/t12-,13+,14+,15-,16+,17+,18+,19-/m1/s1. The molecule has 2 aliphatic carbocycles. The minimum absolute atomic E-state index is 0.0917. The maximum atomic E-state index is 13.9. The van der Waals surface area contributed by atoms with Gasteiger partial charge in [-0.1, -0.05) is 32.9 Å². The van der Waals surface area contributed by atoms with E-state index in [1.807, 2.05) is 20.8 Å². The molecule has 0 unspecified atom stereocenters. The Bertz CT molecular complexity index is 974. The van der Waals surface area contributed by atoms with Crippen LogP contribution in [0.3, 0.4) is 0 Å². The molecule has 3 fully saturated rings. The van der Waals surface area contributed by atoms with E-state index in [0.29, 0.717) is 19.5 Å². The van der Waals surface area contributed by atoms with Gasteiger partial charge in [0.05, 0.1) is 7.11 Å². The van der Waals surface area contributed by atoms with Crippen LogP contribution < -0.4 is 21.7 Å². The van der Waals surface area contributed by atoms with Crippen molar-refractivity contribution in [3.8, 4) is 0 Å². The molecule has 2 saturated heterocycles. The summed E-state index contributed by atoms with van der Waals surface area (Å²) in [5, 5.41) is 8.14. The van der Waals surface area contributed by atoms with Crippen molar-refractivity contribution in [3.05, 3.63) is 12.2 Å². The Kier molecular flexibility index (Phi) is 7.03. The predicted molar refractivity (Wildman–Crippen MR) is 129 cm³/mol. The maximum absolute atomic E-state index is 13.9. The second-order valence-electron chi connectivity index (χ2n) is 11.5. The summed E-state index contributed by atoms with van der Waals surface area (Å²) in [6.07, 6.45) is 5.16. The third-order valence-electron chi connectivity index (χ3n) is 8.25. The van der Waals surface area contributed by atoms with E-state index in [1.165, 1.54) is 7.11 Å². The fraction of sp³-hybridized carbons (Fsp3) is 0.720. The zero-order valence-corrected chi connectivity index (χ0v) is 21.3. The summed E-state index contributed by atoms with van der Waals surface area (Å²) >= 11 is 0. The third kappa shape index (κ3) is 4.79. The van der Waals surface area contributed by atoms with Crippen LogP contribution in [0.2, 0.25) is 0 Å². The van der Waals surface area contributed by atoms with Gasteiger partial charge in [-0.05, 0) is 48.3 Å². The second-order valence-corrected chi connectivity index (χ2v) is 11.5. The molecule has 0 aromatic heterocycles. The van der Waals surface area contributed by atoms with Crippen molar-refractivity contribution < 1.29 is 28.7 Å². The van der Waals surface area contributed by atoms with Crippen molar-refractivity contribution in [1.82, 2.24) is 20.9 Å². The summed E-state index contributed by atoms with van der Waals surface area (Å²) in [5.41, 5.74) is 4.96. The first-order valence-electron chi connectivity index (χ1n) is 12.6. The van der Waals surface area contributed by atoms with E-state index < -0.39 is 47.4 Å². The molecule has 0 aromatic rings. The number of amides is 5. The summed E-state index contributed by atoms with van der Waals surface area (Å²) in [6.45, 7) is 6.40. The molecule has 8 atom stereocenters. The largest absolute Gasteiger partial charge is 0.453 e. The molecule has 11 nitrogen and oxygen atoms in total. The van der Waals surface area contributed by atoms with Crippen LogP contribution in [0.15, 0.2) is 12.2 Å². The second kappa shape index (κ2) is 9.74. The van der Waals surface area contributed by atoms with Crippen molar-refractivity contribution in [2.75, 3.05) is 20.2 Å². The lowest BCUT2D eigenvalue weighted by atomic mass is 9.81. The summed E-state index contributed by atoms with van der Waals surface area (Å²) in [4.78, 5) is 65.5. The molecule has 1 saturated carbocycles. The Labute approximate surface area is 210 Å². The molecule has 5 N–H and O–H groups in total. The normalized spacial score (nSPS) is 32.0. The number of ether oxygens (including phenoxy) is 1. The lowest BCUT2D eigenvalue weighted by Gasteiger charge is -2.36. The summed E-state index contributed by atoms with van der Waals surface area (Å²) in [6, 6.07) is -2.76. The van der Waals surface area contributed by atoms with E-state index in [0.717, 1.165) is 6.42 Å². The number of alkyl carbamates (subject to hydrolysis) is 1.